The Morgan fingerprint density at radius 1 is 1.40 bits per heavy atom. The summed E-state index contributed by atoms with van der Waals surface area (Å²) in [6.07, 6.45) is 3.33. The van der Waals surface area contributed by atoms with Crippen LogP contribution >= 0.6 is 0 Å². The Balaban J connectivity index is 2.91. The second kappa shape index (κ2) is 6.41. The molecule has 7 heteroatoms. The van der Waals surface area contributed by atoms with Gasteiger partial charge in [0.2, 0.25) is 15.9 Å². The van der Waals surface area contributed by atoms with Crippen LogP contribution < -0.4 is 0 Å². The van der Waals surface area contributed by atoms with Crippen molar-refractivity contribution in [1.29, 1.82) is 0 Å². The predicted molar refractivity (Wildman–Crippen MR) is 77.7 cm³/mol. The molecular weight excluding hydrogens is 280 g/mol. The van der Waals surface area contributed by atoms with E-state index in [2.05, 4.69) is 0 Å². The molecule has 1 N–H and O–H groups in total. The zero-order chi connectivity index (χ0) is 15.6. The number of nitrogens with zero attached hydrogens (tertiary/aromatic N) is 2. The standard InChI is InChI=1S/C13H26N2O4S/c1-5-14(10-13(2,3)17)12(16)11-8-6-7-9-15(11)20(4,18)19/h11,17H,5-10H2,1-4H3. The van der Waals surface area contributed by atoms with E-state index in [1.165, 1.54) is 9.21 Å². The molecule has 6 nitrogen and oxygen atoms in total. The lowest BCUT2D eigenvalue weighted by atomic mass is 10.0. The first-order valence-electron chi connectivity index (χ1n) is 7.04. The highest BCUT2D eigenvalue weighted by Crippen LogP contribution is 2.22. The van der Waals surface area contributed by atoms with Gasteiger partial charge in [-0.3, -0.25) is 4.79 Å². The van der Waals surface area contributed by atoms with Gasteiger partial charge in [-0.15, -0.1) is 0 Å². The Morgan fingerprint density at radius 2 is 2.00 bits per heavy atom. The average molecular weight is 306 g/mol. The van der Waals surface area contributed by atoms with Gasteiger partial charge in [-0.2, -0.15) is 4.31 Å². The summed E-state index contributed by atoms with van der Waals surface area (Å²) in [6.45, 7) is 6.16. The molecule has 0 radical (unpaired) electrons. The third-order valence-electron chi connectivity index (χ3n) is 3.44. The monoisotopic (exact) mass is 306 g/mol. The van der Waals surface area contributed by atoms with E-state index in [1.54, 1.807) is 13.8 Å². The third-order valence-corrected chi connectivity index (χ3v) is 4.72. The fourth-order valence-electron chi connectivity index (χ4n) is 2.57. The summed E-state index contributed by atoms with van der Waals surface area (Å²) >= 11 is 0. The van der Waals surface area contributed by atoms with Gasteiger partial charge >= 0.3 is 0 Å². The minimum Gasteiger partial charge on any atom is -0.389 e. The maximum atomic E-state index is 12.6. The van der Waals surface area contributed by atoms with Crippen LogP contribution in [0, 0.1) is 0 Å². The quantitative estimate of drug-likeness (QED) is 0.798. The maximum Gasteiger partial charge on any atom is 0.241 e. The number of sulfonamides is 1. The highest BCUT2D eigenvalue weighted by Gasteiger charge is 2.37. The average Bonchev–Trinajstić information content (AvgIpc) is 2.33. The molecule has 118 valence electrons. The third kappa shape index (κ3) is 4.71. The highest BCUT2D eigenvalue weighted by molar-refractivity contribution is 7.88. The molecule has 0 aliphatic carbocycles. The van der Waals surface area contributed by atoms with Gasteiger partial charge in [-0.1, -0.05) is 6.42 Å². The molecule has 20 heavy (non-hydrogen) atoms. The van der Waals surface area contributed by atoms with Gasteiger partial charge in [0.25, 0.3) is 0 Å². The number of aliphatic hydroxyl groups is 1. The summed E-state index contributed by atoms with van der Waals surface area (Å²) in [5.74, 6) is -0.209. The Labute approximate surface area is 121 Å². The maximum absolute atomic E-state index is 12.6. The van der Waals surface area contributed by atoms with Gasteiger partial charge in [-0.25, -0.2) is 8.42 Å². The molecule has 1 unspecified atom stereocenters. The van der Waals surface area contributed by atoms with E-state index in [1.807, 2.05) is 6.92 Å². The van der Waals surface area contributed by atoms with E-state index in [-0.39, 0.29) is 12.5 Å². The number of carbonyl (C=O) groups is 1. The lowest BCUT2D eigenvalue weighted by molar-refractivity contribution is -0.139. The lowest BCUT2D eigenvalue weighted by Crippen LogP contribution is -2.54. The van der Waals surface area contributed by atoms with Gasteiger partial charge in [0.15, 0.2) is 0 Å². The van der Waals surface area contributed by atoms with E-state index in [4.69, 9.17) is 0 Å². The summed E-state index contributed by atoms with van der Waals surface area (Å²) in [7, 11) is -3.38. The Morgan fingerprint density at radius 3 is 2.45 bits per heavy atom. The normalized spacial score (nSPS) is 21.8. The van der Waals surface area contributed by atoms with Crippen molar-refractivity contribution in [1.82, 2.24) is 9.21 Å². The van der Waals surface area contributed by atoms with E-state index >= 15 is 0 Å². The Hall–Kier alpha value is -0.660. The summed E-state index contributed by atoms with van der Waals surface area (Å²) in [4.78, 5) is 14.1. The van der Waals surface area contributed by atoms with E-state index in [0.29, 0.717) is 19.5 Å². The Kier molecular flexibility index (Phi) is 5.57. The minimum atomic E-state index is -3.38. The number of piperidine rings is 1. The lowest BCUT2D eigenvalue weighted by Gasteiger charge is -2.37. The first-order chi connectivity index (χ1) is 9.06. The van der Waals surface area contributed by atoms with Crippen molar-refractivity contribution in [2.45, 2.75) is 51.7 Å². The molecule has 1 aliphatic rings. The number of hydrogen-bond acceptors (Lipinski definition) is 4. The number of carbonyl (C=O) groups excluding carboxylic acids is 1. The van der Waals surface area contributed by atoms with Gasteiger partial charge in [0.05, 0.1) is 11.9 Å². The second-order valence-corrected chi connectivity index (χ2v) is 7.99. The fraction of sp³-hybridized carbons (Fsp3) is 0.923. The molecule has 0 bridgehead atoms. The molecule has 0 aromatic heterocycles. The second-order valence-electron chi connectivity index (χ2n) is 6.05. The van der Waals surface area contributed by atoms with Crippen molar-refractivity contribution in [2.24, 2.45) is 0 Å². The number of likely N-dealkylation sites (N-methyl/N-ethyl adjacent to an activating group) is 1. The van der Waals surface area contributed by atoms with Crippen LogP contribution in [0.25, 0.3) is 0 Å². The van der Waals surface area contributed by atoms with Crippen LogP contribution in [0.4, 0.5) is 0 Å². The fourth-order valence-corrected chi connectivity index (χ4v) is 3.69. The Bertz CT molecular complexity index is 442. The SMILES string of the molecule is CCN(CC(C)(C)O)C(=O)C1CCCCN1S(C)(=O)=O. The van der Waals surface area contributed by atoms with Crippen LogP contribution in [-0.4, -0.2) is 66.2 Å². The molecule has 0 aromatic rings. The largest absolute Gasteiger partial charge is 0.389 e. The molecular formula is C13H26N2O4S. The van der Waals surface area contributed by atoms with Crippen molar-refractivity contribution in [3.05, 3.63) is 0 Å². The summed E-state index contributed by atoms with van der Waals surface area (Å²) < 4.78 is 24.9. The van der Waals surface area contributed by atoms with Crippen LogP contribution in [-0.2, 0) is 14.8 Å². The van der Waals surface area contributed by atoms with Crippen molar-refractivity contribution in [3.63, 3.8) is 0 Å². The van der Waals surface area contributed by atoms with Crippen LogP contribution in [0.1, 0.15) is 40.0 Å². The van der Waals surface area contributed by atoms with Gasteiger partial charge in [0.1, 0.15) is 6.04 Å². The molecule has 1 aliphatic heterocycles. The van der Waals surface area contributed by atoms with Gasteiger partial charge in [0, 0.05) is 19.6 Å². The van der Waals surface area contributed by atoms with E-state index in [0.717, 1.165) is 19.1 Å². The number of hydrogen-bond donors (Lipinski definition) is 1. The van der Waals surface area contributed by atoms with Crippen molar-refractivity contribution < 1.29 is 18.3 Å². The van der Waals surface area contributed by atoms with Crippen molar-refractivity contribution in [2.75, 3.05) is 25.9 Å². The van der Waals surface area contributed by atoms with Crippen molar-refractivity contribution in [3.8, 4) is 0 Å². The minimum absolute atomic E-state index is 0.205. The van der Waals surface area contributed by atoms with E-state index < -0.39 is 21.7 Å². The molecule has 0 aromatic carbocycles. The highest BCUT2D eigenvalue weighted by atomic mass is 32.2. The molecule has 1 fully saturated rings. The summed E-state index contributed by atoms with van der Waals surface area (Å²) in [5.41, 5.74) is -0.990. The van der Waals surface area contributed by atoms with Gasteiger partial charge in [-0.05, 0) is 33.6 Å². The number of rotatable bonds is 5. The predicted octanol–water partition coefficient (Wildman–Crippen LogP) is 0.420. The van der Waals surface area contributed by atoms with E-state index in [9.17, 15) is 18.3 Å². The molecule has 1 heterocycles. The zero-order valence-corrected chi connectivity index (χ0v) is 13.6. The molecule has 0 spiro atoms. The molecule has 1 saturated heterocycles. The summed E-state index contributed by atoms with van der Waals surface area (Å²) in [5, 5.41) is 9.87. The van der Waals surface area contributed by atoms with Crippen LogP contribution in [0.2, 0.25) is 0 Å². The first kappa shape index (κ1) is 17.4. The molecule has 1 amide bonds. The van der Waals surface area contributed by atoms with Gasteiger partial charge < -0.3 is 10.0 Å². The number of amides is 1. The van der Waals surface area contributed by atoms with Crippen molar-refractivity contribution >= 4 is 15.9 Å². The molecule has 1 atom stereocenters. The zero-order valence-electron chi connectivity index (χ0n) is 12.8. The molecule has 0 saturated carbocycles. The first-order valence-corrected chi connectivity index (χ1v) is 8.89. The topological polar surface area (TPSA) is 77.9 Å². The van der Waals surface area contributed by atoms with Crippen LogP contribution in [0.3, 0.4) is 0 Å². The van der Waals surface area contributed by atoms with Crippen LogP contribution in [0.15, 0.2) is 0 Å². The summed E-state index contributed by atoms with van der Waals surface area (Å²) in [6, 6.07) is -0.624. The molecule has 1 rings (SSSR count). The smallest absolute Gasteiger partial charge is 0.241 e. The van der Waals surface area contributed by atoms with Crippen LogP contribution in [0.5, 0.6) is 0 Å².